The first-order valence-corrected chi connectivity index (χ1v) is 10.3. The minimum atomic E-state index is -3.67. The topological polar surface area (TPSA) is 67.8 Å². The lowest BCUT2D eigenvalue weighted by molar-refractivity contribution is 0.306. The minimum absolute atomic E-state index is 0.176. The van der Waals surface area contributed by atoms with Gasteiger partial charge in [0.05, 0.1) is 11.1 Å². The molecule has 0 aromatic heterocycles. The van der Waals surface area contributed by atoms with Crippen LogP contribution in [0.5, 0.6) is 5.75 Å². The van der Waals surface area contributed by atoms with Crippen LogP contribution in [0.15, 0.2) is 82.8 Å². The number of hydrazone groups is 1. The minimum Gasteiger partial charge on any atom is -0.489 e. The van der Waals surface area contributed by atoms with Gasteiger partial charge in [0.1, 0.15) is 12.4 Å². The second-order valence-electron chi connectivity index (χ2n) is 6.51. The third-order valence-electron chi connectivity index (χ3n) is 4.12. The van der Waals surface area contributed by atoms with Gasteiger partial charge in [-0.15, -0.1) is 0 Å². The van der Waals surface area contributed by atoms with Gasteiger partial charge in [0, 0.05) is 0 Å². The van der Waals surface area contributed by atoms with Gasteiger partial charge in [0.2, 0.25) is 0 Å². The van der Waals surface area contributed by atoms with Crippen molar-refractivity contribution in [3.63, 3.8) is 0 Å². The number of aryl methyl sites for hydroxylation is 2. The Labute approximate surface area is 165 Å². The second kappa shape index (κ2) is 8.71. The summed E-state index contributed by atoms with van der Waals surface area (Å²) in [5.74, 6) is 0.734. The fraction of sp³-hybridized carbons (Fsp3) is 0.136. The van der Waals surface area contributed by atoms with Crippen LogP contribution in [-0.4, -0.2) is 14.6 Å². The van der Waals surface area contributed by atoms with Crippen molar-refractivity contribution < 1.29 is 13.2 Å². The Hall–Kier alpha value is -3.12. The summed E-state index contributed by atoms with van der Waals surface area (Å²) in [4.78, 5) is 2.40. The van der Waals surface area contributed by atoms with Crippen LogP contribution in [0.4, 0.5) is 0 Å². The number of nitrogens with zero attached hydrogens (tertiary/aromatic N) is 1. The maximum Gasteiger partial charge on any atom is 0.276 e. The molecule has 0 bridgehead atoms. The van der Waals surface area contributed by atoms with Crippen LogP contribution < -0.4 is 9.57 Å². The Morgan fingerprint density at radius 2 is 1.43 bits per heavy atom. The molecule has 3 aromatic carbocycles. The standard InChI is InChI=1S/C22H22N2O3S/c1-17-3-7-20(8-4-17)16-27-21-11-9-19(10-12-21)15-23-24-28(25,26)22-13-5-18(2)6-14-22/h3-15,24H,16H2,1-2H3/b23-15-. The van der Waals surface area contributed by atoms with Crippen molar-refractivity contribution in [1.82, 2.24) is 4.83 Å². The number of ether oxygens (including phenoxy) is 1. The van der Waals surface area contributed by atoms with Gasteiger partial charge >= 0.3 is 0 Å². The molecular formula is C22H22N2O3S. The lowest BCUT2D eigenvalue weighted by atomic mass is 10.2. The molecule has 6 heteroatoms. The molecule has 0 spiro atoms. The average molecular weight is 394 g/mol. The molecule has 144 valence electrons. The smallest absolute Gasteiger partial charge is 0.276 e. The molecule has 0 atom stereocenters. The van der Waals surface area contributed by atoms with E-state index in [1.165, 1.54) is 11.8 Å². The normalized spacial score (nSPS) is 11.5. The van der Waals surface area contributed by atoms with Gasteiger partial charge in [0.15, 0.2) is 0 Å². The summed E-state index contributed by atoms with van der Waals surface area (Å²) >= 11 is 0. The first-order chi connectivity index (χ1) is 13.4. The van der Waals surface area contributed by atoms with Crippen LogP contribution in [0.3, 0.4) is 0 Å². The van der Waals surface area contributed by atoms with Gasteiger partial charge in [-0.3, -0.25) is 0 Å². The lowest BCUT2D eigenvalue weighted by Crippen LogP contribution is -2.18. The van der Waals surface area contributed by atoms with Gasteiger partial charge < -0.3 is 4.74 Å². The second-order valence-corrected chi connectivity index (χ2v) is 8.17. The highest BCUT2D eigenvalue weighted by atomic mass is 32.2. The Morgan fingerprint density at radius 3 is 2.04 bits per heavy atom. The highest BCUT2D eigenvalue weighted by Crippen LogP contribution is 2.14. The van der Waals surface area contributed by atoms with Crippen molar-refractivity contribution in [3.8, 4) is 5.75 Å². The molecule has 0 fully saturated rings. The van der Waals surface area contributed by atoms with Gasteiger partial charge in [-0.05, 0) is 61.4 Å². The maximum absolute atomic E-state index is 12.2. The first kappa shape index (κ1) is 19.6. The van der Waals surface area contributed by atoms with Gasteiger partial charge in [-0.25, -0.2) is 4.83 Å². The van der Waals surface area contributed by atoms with E-state index in [1.807, 2.05) is 50.2 Å². The molecule has 0 saturated heterocycles. The molecule has 0 amide bonds. The van der Waals surface area contributed by atoms with E-state index in [9.17, 15) is 8.42 Å². The molecule has 28 heavy (non-hydrogen) atoms. The summed E-state index contributed by atoms with van der Waals surface area (Å²) in [5, 5.41) is 3.84. The average Bonchev–Trinajstić information content (AvgIpc) is 2.69. The predicted octanol–water partition coefficient (Wildman–Crippen LogP) is 4.19. The summed E-state index contributed by atoms with van der Waals surface area (Å²) in [5.41, 5.74) is 4.06. The fourth-order valence-electron chi connectivity index (χ4n) is 2.44. The number of benzene rings is 3. The maximum atomic E-state index is 12.2. The molecule has 3 aromatic rings. The molecule has 0 saturated carbocycles. The van der Waals surface area contributed by atoms with Crippen molar-refractivity contribution in [3.05, 3.63) is 95.1 Å². The zero-order valence-electron chi connectivity index (χ0n) is 15.8. The van der Waals surface area contributed by atoms with Crippen LogP contribution in [0.2, 0.25) is 0 Å². The van der Waals surface area contributed by atoms with E-state index < -0.39 is 10.0 Å². The molecule has 0 aliphatic rings. The highest BCUT2D eigenvalue weighted by Gasteiger charge is 2.11. The summed E-state index contributed by atoms with van der Waals surface area (Å²) in [6.45, 7) is 4.44. The Morgan fingerprint density at radius 1 is 0.857 bits per heavy atom. The molecule has 3 rings (SSSR count). The first-order valence-electron chi connectivity index (χ1n) is 8.82. The summed E-state index contributed by atoms with van der Waals surface area (Å²) in [6.07, 6.45) is 1.45. The van der Waals surface area contributed by atoms with Gasteiger partial charge in [0.25, 0.3) is 10.0 Å². The van der Waals surface area contributed by atoms with Gasteiger partial charge in [-0.2, -0.15) is 13.5 Å². The van der Waals surface area contributed by atoms with Gasteiger partial charge in [-0.1, -0.05) is 47.5 Å². The molecular weight excluding hydrogens is 372 g/mol. The summed E-state index contributed by atoms with van der Waals surface area (Å²) in [7, 11) is -3.67. The number of sulfonamides is 1. The quantitative estimate of drug-likeness (QED) is 0.482. The molecule has 5 nitrogen and oxygen atoms in total. The monoisotopic (exact) mass is 394 g/mol. The van der Waals surface area contributed by atoms with Crippen molar-refractivity contribution in [2.75, 3.05) is 0 Å². The Balaban J connectivity index is 1.56. The van der Waals surface area contributed by atoms with Crippen LogP contribution in [0.1, 0.15) is 22.3 Å². The number of hydrogen-bond acceptors (Lipinski definition) is 4. The molecule has 0 aliphatic carbocycles. The third-order valence-corrected chi connectivity index (χ3v) is 5.36. The number of hydrogen-bond donors (Lipinski definition) is 1. The van der Waals surface area contributed by atoms with Crippen LogP contribution in [0, 0.1) is 13.8 Å². The van der Waals surface area contributed by atoms with E-state index in [1.54, 1.807) is 24.3 Å². The molecule has 1 N–H and O–H groups in total. The van der Waals surface area contributed by atoms with Crippen molar-refractivity contribution in [2.24, 2.45) is 5.10 Å². The van der Waals surface area contributed by atoms with Crippen LogP contribution >= 0.6 is 0 Å². The number of rotatable bonds is 7. The van der Waals surface area contributed by atoms with E-state index >= 15 is 0 Å². The molecule has 0 heterocycles. The van der Waals surface area contributed by atoms with Crippen LogP contribution in [-0.2, 0) is 16.6 Å². The Kier molecular flexibility index (Phi) is 6.11. The van der Waals surface area contributed by atoms with E-state index in [-0.39, 0.29) is 4.90 Å². The zero-order chi connectivity index (χ0) is 20.0. The van der Waals surface area contributed by atoms with E-state index in [0.29, 0.717) is 6.61 Å². The van der Waals surface area contributed by atoms with E-state index in [4.69, 9.17) is 4.74 Å². The zero-order valence-corrected chi connectivity index (χ0v) is 16.6. The SMILES string of the molecule is Cc1ccc(COc2ccc(/C=N\NS(=O)(=O)c3ccc(C)cc3)cc2)cc1. The highest BCUT2D eigenvalue weighted by molar-refractivity contribution is 7.89. The third kappa shape index (κ3) is 5.44. The van der Waals surface area contributed by atoms with E-state index in [0.717, 1.165) is 22.4 Å². The predicted molar refractivity (Wildman–Crippen MR) is 111 cm³/mol. The molecule has 0 unspecified atom stereocenters. The number of nitrogens with one attached hydrogen (secondary N) is 1. The lowest BCUT2D eigenvalue weighted by Gasteiger charge is -2.07. The summed E-state index contributed by atoms with van der Waals surface area (Å²) in [6, 6.07) is 22.0. The Bertz CT molecular complexity index is 1040. The summed E-state index contributed by atoms with van der Waals surface area (Å²) < 4.78 is 30.1. The fourth-order valence-corrected chi connectivity index (χ4v) is 3.23. The van der Waals surface area contributed by atoms with Crippen molar-refractivity contribution in [2.45, 2.75) is 25.3 Å². The van der Waals surface area contributed by atoms with Crippen molar-refractivity contribution >= 4 is 16.2 Å². The van der Waals surface area contributed by atoms with Crippen molar-refractivity contribution in [1.29, 1.82) is 0 Å². The molecule has 0 radical (unpaired) electrons. The van der Waals surface area contributed by atoms with E-state index in [2.05, 4.69) is 22.1 Å². The largest absolute Gasteiger partial charge is 0.489 e. The van der Waals surface area contributed by atoms with Crippen LogP contribution in [0.25, 0.3) is 0 Å². The molecule has 0 aliphatic heterocycles.